The molecule has 1 aliphatic heterocycles. The average molecular weight is 338 g/mol. The largest absolute Gasteiger partial charge is 0.463 e. The molecule has 1 aliphatic rings. The molecule has 0 saturated carbocycles. The Morgan fingerprint density at radius 1 is 1.45 bits per heavy atom. The highest BCUT2D eigenvalue weighted by Gasteiger charge is 2.31. The number of carbonyl (C=O) groups excluding carboxylic acids is 1. The Hall–Kier alpha value is -1.33. The van der Waals surface area contributed by atoms with Gasteiger partial charge in [-0.25, -0.2) is 0 Å². The highest BCUT2D eigenvalue weighted by Crippen LogP contribution is 2.24. The maximum atomic E-state index is 12.7. The summed E-state index contributed by atoms with van der Waals surface area (Å²) >= 11 is 3.41. The second kappa shape index (κ2) is 5.58. The number of amides is 1. The van der Waals surface area contributed by atoms with Crippen molar-refractivity contribution in [1.29, 1.82) is 0 Å². The van der Waals surface area contributed by atoms with E-state index in [-0.39, 0.29) is 18.1 Å². The highest BCUT2D eigenvalue weighted by atomic mass is 79.9. The van der Waals surface area contributed by atoms with E-state index >= 15 is 0 Å². The van der Waals surface area contributed by atoms with E-state index in [1.54, 1.807) is 6.26 Å². The molecule has 0 bridgehead atoms. The van der Waals surface area contributed by atoms with Crippen LogP contribution < -0.4 is 0 Å². The van der Waals surface area contributed by atoms with Crippen molar-refractivity contribution in [2.24, 2.45) is 0 Å². The van der Waals surface area contributed by atoms with E-state index in [0.29, 0.717) is 18.7 Å². The summed E-state index contributed by atoms with van der Waals surface area (Å²) < 4.78 is 11.1. The number of benzene rings is 1. The summed E-state index contributed by atoms with van der Waals surface area (Å²) in [6.45, 7) is 3.17. The van der Waals surface area contributed by atoms with E-state index in [1.165, 1.54) is 0 Å². The Morgan fingerprint density at radius 3 is 3.05 bits per heavy atom. The number of alkyl halides is 1. The van der Waals surface area contributed by atoms with Crippen molar-refractivity contribution in [3.05, 3.63) is 36.1 Å². The minimum atomic E-state index is 0.0108. The first-order valence-corrected chi connectivity index (χ1v) is 7.77. The third-order valence-electron chi connectivity index (χ3n) is 3.65. The first kappa shape index (κ1) is 13.6. The number of para-hydroxylation sites is 1. The zero-order valence-electron chi connectivity index (χ0n) is 11.2. The number of ether oxygens (including phenoxy) is 1. The third kappa shape index (κ3) is 2.36. The van der Waals surface area contributed by atoms with Crippen LogP contribution in [-0.2, 0) is 4.74 Å². The van der Waals surface area contributed by atoms with Crippen LogP contribution in [0.2, 0.25) is 0 Å². The molecule has 1 amide bonds. The van der Waals surface area contributed by atoms with Gasteiger partial charge in [-0.15, -0.1) is 0 Å². The number of nitrogens with zero attached hydrogens (tertiary/aromatic N) is 1. The summed E-state index contributed by atoms with van der Waals surface area (Å²) in [5.41, 5.74) is 1.37. The second-order valence-corrected chi connectivity index (χ2v) is 5.71. The van der Waals surface area contributed by atoms with Gasteiger partial charge in [-0.3, -0.25) is 4.79 Å². The Balaban J connectivity index is 1.91. The number of rotatable bonds is 2. The molecular weight excluding hydrogens is 322 g/mol. The molecule has 2 heterocycles. The van der Waals surface area contributed by atoms with Crippen molar-refractivity contribution in [3.63, 3.8) is 0 Å². The normalized spacial score (nSPS) is 23.2. The van der Waals surface area contributed by atoms with Gasteiger partial charge < -0.3 is 14.1 Å². The van der Waals surface area contributed by atoms with Gasteiger partial charge in [-0.05, 0) is 13.0 Å². The van der Waals surface area contributed by atoms with Crippen LogP contribution in [0.15, 0.2) is 34.9 Å². The molecule has 3 rings (SSSR count). The summed E-state index contributed by atoms with van der Waals surface area (Å²) in [5, 5.41) is 1.60. The molecule has 20 heavy (non-hydrogen) atoms. The van der Waals surface area contributed by atoms with Crippen LogP contribution in [0.25, 0.3) is 11.0 Å². The lowest BCUT2D eigenvalue weighted by Gasteiger charge is -2.37. The quantitative estimate of drug-likeness (QED) is 0.791. The molecular formula is C15H16BrNO3. The Morgan fingerprint density at radius 2 is 2.25 bits per heavy atom. The summed E-state index contributed by atoms with van der Waals surface area (Å²) in [5.74, 6) is 0.0108. The average Bonchev–Trinajstić information content (AvgIpc) is 2.91. The molecule has 2 atom stereocenters. The Labute approximate surface area is 125 Å². The smallest absolute Gasteiger partial charge is 0.258 e. The molecule has 1 fully saturated rings. The monoisotopic (exact) mass is 337 g/mol. The van der Waals surface area contributed by atoms with Gasteiger partial charge in [-0.2, -0.15) is 0 Å². The molecule has 5 heteroatoms. The third-order valence-corrected chi connectivity index (χ3v) is 4.37. The van der Waals surface area contributed by atoms with Gasteiger partial charge >= 0.3 is 0 Å². The molecule has 1 aromatic heterocycles. The molecule has 0 radical (unpaired) electrons. The second-order valence-electron chi connectivity index (χ2n) is 5.06. The van der Waals surface area contributed by atoms with Crippen LogP contribution in [0.4, 0.5) is 0 Å². The van der Waals surface area contributed by atoms with Gasteiger partial charge in [0.15, 0.2) is 0 Å². The molecule has 0 spiro atoms. The van der Waals surface area contributed by atoms with Crippen LogP contribution in [0, 0.1) is 0 Å². The van der Waals surface area contributed by atoms with Crippen molar-refractivity contribution in [1.82, 2.24) is 4.90 Å². The highest BCUT2D eigenvalue weighted by molar-refractivity contribution is 9.09. The zero-order chi connectivity index (χ0) is 14.1. The SMILES string of the molecule is CC1COC(CBr)CN1C(=O)c1coc2ccccc12. The van der Waals surface area contributed by atoms with E-state index in [2.05, 4.69) is 15.9 Å². The summed E-state index contributed by atoms with van der Waals surface area (Å²) in [7, 11) is 0. The van der Waals surface area contributed by atoms with Gasteiger partial charge in [-0.1, -0.05) is 34.1 Å². The number of furan rings is 1. The number of carbonyl (C=O) groups is 1. The van der Waals surface area contributed by atoms with E-state index in [0.717, 1.165) is 16.3 Å². The number of hydrogen-bond acceptors (Lipinski definition) is 3. The lowest BCUT2D eigenvalue weighted by atomic mass is 10.1. The number of halogens is 1. The van der Waals surface area contributed by atoms with Gasteiger partial charge in [0.25, 0.3) is 5.91 Å². The van der Waals surface area contributed by atoms with Crippen molar-refractivity contribution in [3.8, 4) is 0 Å². The van der Waals surface area contributed by atoms with Crippen molar-refractivity contribution in [2.45, 2.75) is 19.1 Å². The molecule has 1 aromatic carbocycles. The van der Waals surface area contributed by atoms with Crippen molar-refractivity contribution in [2.75, 3.05) is 18.5 Å². The van der Waals surface area contributed by atoms with Crippen molar-refractivity contribution >= 4 is 32.8 Å². The predicted molar refractivity (Wildman–Crippen MR) is 80.2 cm³/mol. The fourth-order valence-corrected chi connectivity index (χ4v) is 2.88. The van der Waals surface area contributed by atoms with Crippen LogP contribution in [0.5, 0.6) is 0 Å². The standard InChI is InChI=1S/C15H16BrNO3/c1-10-8-19-11(6-16)7-17(10)15(18)13-9-20-14-5-3-2-4-12(13)14/h2-5,9-11H,6-8H2,1H3. The summed E-state index contributed by atoms with van der Waals surface area (Å²) in [6, 6.07) is 7.68. The topological polar surface area (TPSA) is 42.7 Å². The predicted octanol–water partition coefficient (Wildman–Crippen LogP) is 3.06. The molecule has 4 nitrogen and oxygen atoms in total. The van der Waals surface area contributed by atoms with Gasteiger partial charge in [0.1, 0.15) is 11.8 Å². The number of fused-ring (bicyclic) bond motifs is 1. The molecule has 0 N–H and O–H groups in total. The van der Waals surface area contributed by atoms with Gasteiger partial charge in [0.2, 0.25) is 0 Å². The van der Waals surface area contributed by atoms with Crippen LogP contribution in [-0.4, -0.2) is 41.4 Å². The fourth-order valence-electron chi connectivity index (χ4n) is 2.49. The number of morpholine rings is 1. The van der Waals surface area contributed by atoms with E-state index in [1.807, 2.05) is 36.1 Å². The van der Waals surface area contributed by atoms with E-state index in [9.17, 15) is 4.79 Å². The van der Waals surface area contributed by atoms with Gasteiger partial charge in [0, 0.05) is 17.3 Å². The van der Waals surface area contributed by atoms with E-state index in [4.69, 9.17) is 9.15 Å². The first-order valence-electron chi connectivity index (χ1n) is 6.65. The maximum absolute atomic E-state index is 12.7. The minimum absolute atomic E-state index is 0.0108. The molecule has 106 valence electrons. The molecule has 2 aromatic rings. The molecule has 0 aliphatic carbocycles. The van der Waals surface area contributed by atoms with Gasteiger partial charge in [0.05, 0.1) is 24.3 Å². The van der Waals surface area contributed by atoms with Crippen LogP contribution in [0.1, 0.15) is 17.3 Å². The van der Waals surface area contributed by atoms with Crippen LogP contribution in [0.3, 0.4) is 0 Å². The maximum Gasteiger partial charge on any atom is 0.258 e. The van der Waals surface area contributed by atoms with Crippen molar-refractivity contribution < 1.29 is 13.9 Å². The van der Waals surface area contributed by atoms with E-state index < -0.39 is 0 Å². The molecule has 2 unspecified atom stereocenters. The lowest BCUT2D eigenvalue weighted by Crippen LogP contribution is -2.51. The molecule has 1 saturated heterocycles. The first-order chi connectivity index (χ1) is 9.70. The lowest BCUT2D eigenvalue weighted by molar-refractivity contribution is -0.0361. The fraction of sp³-hybridized carbons (Fsp3) is 0.400. The minimum Gasteiger partial charge on any atom is -0.463 e. The Bertz CT molecular complexity index is 624. The Kier molecular flexibility index (Phi) is 3.81. The summed E-state index contributed by atoms with van der Waals surface area (Å²) in [4.78, 5) is 14.6. The number of hydrogen-bond donors (Lipinski definition) is 0. The van der Waals surface area contributed by atoms with Crippen LogP contribution >= 0.6 is 15.9 Å². The summed E-state index contributed by atoms with van der Waals surface area (Å²) in [6.07, 6.45) is 1.60. The zero-order valence-corrected chi connectivity index (χ0v) is 12.8.